The molecule has 0 fully saturated rings. The van der Waals surface area contributed by atoms with Crippen molar-refractivity contribution in [1.29, 1.82) is 5.26 Å². The summed E-state index contributed by atoms with van der Waals surface area (Å²) in [6.07, 6.45) is -4.77. The second-order valence-electron chi connectivity index (χ2n) is 3.41. The predicted molar refractivity (Wildman–Crippen MR) is 56.9 cm³/mol. The Bertz CT molecular complexity index is 576. The molecule has 1 rings (SSSR count). The minimum absolute atomic E-state index is 0.519. The number of nitriles is 1. The van der Waals surface area contributed by atoms with Gasteiger partial charge in [-0.3, -0.25) is 0 Å². The average molecular weight is 278 g/mol. The molecule has 0 spiro atoms. The zero-order valence-electron chi connectivity index (χ0n) is 9.27. The van der Waals surface area contributed by atoms with Gasteiger partial charge in [0, 0.05) is 7.05 Å². The van der Waals surface area contributed by atoms with E-state index in [0.29, 0.717) is 10.4 Å². The first-order valence-electron chi connectivity index (χ1n) is 4.70. The molecule has 0 aliphatic rings. The maximum absolute atomic E-state index is 12.7. The third kappa shape index (κ3) is 2.80. The topological polar surface area (TPSA) is 61.2 Å². The molecular formula is C10H9F3N2O2S. The Labute approximate surface area is 102 Å². The molecule has 18 heavy (non-hydrogen) atoms. The number of rotatable bonds is 3. The lowest BCUT2D eigenvalue weighted by Crippen LogP contribution is -2.29. The van der Waals surface area contributed by atoms with Crippen LogP contribution in [0.5, 0.6) is 0 Å². The highest BCUT2D eigenvalue weighted by atomic mass is 32.2. The average Bonchev–Trinajstić information content (AvgIpc) is 2.28. The summed E-state index contributed by atoms with van der Waals surface area (Å²) in [5.74, 6) is 0. The number of sulfonamides is 1. The smallest absolute Gasteiger partial charge is 0.207 e. The van der Waals surface area contributed by atoms with Crippen molar-refractivity contribution < 1.29 is 21.6 Å². The molecule has 0 amide bonds. The van der Waals surface area contributed by atoms with Crippen LogP contribution in [0.1, 0.15) is 5.56 Å². The molecule has 0 unspecified atom stereocenters. The van der Waals surface area contributed by atoms with Gasteiger partial charge in [0.05, 0.1) is 16.5 Å². The zero-order chi connectivity index (χ0) is 14.0. The van der Waals surface area contributed by atoms with Crippen molar-refractivity contribution in [2.24, 2.45) is 0 Å². The van der Waals surface area contributed by atoms with E-state index in [-0.39, 0.29) is 0 Å². The normalized spacial score (nSPS) is 12.4. The quantitative estimate of drug-likeness (QED) is 0.793. The van der Waals surface area contributed by atoms with Crippen LogP contribution in [0.4, 0.5) is 13.2 Å². The van der Waals surface area contributed by atoms with Gasteiger partial charge in [0.15, 0.2) is 0 Å². The van der Waals surface area contributed by atoms with Crippen LogP contribution in [0, 0.1) is 11.3 Å². The number of hydrogen-bond acceptors (Lipinski definition) is 3. The largest absolute Gasteiger partial charge is 0.417 e. The van der Waals surface area contributed by atoms with E-state index in [1.165, 1.54) is 6.07 Å². The van der Waals surface area contributed by atoms with Crippen molar-refractivity contribution in [3.05, 3.63) is 29.8 Å². The van der Waals surface area contributed by atoms with Gasteiger partial charge in [-0.1, -0.05) is 12.1 Å². The van der Waals surface area contributed by atoms with Gasteiger partial charge < -0.3 is 0 Å². The molecule has 0 bridgehead atoms. The minimum atomic E-state index is -4.77. The van der Waals surface area contributed by atoms with Gasteiger partial charge in [0.25, 0.3) is 0 Å². The van der Waals surface area contributed by atoms with Crippen LogP contribution < -0.4 is 0 Å². The Morgan fingerprint density at radius 3 is 2.39 bits per heavy atom. The zero-order valence-corrected chi connectivity index (χ0v) is 10.1. The van der Waals surface area contributed by atoms with Crippen LogP contribution in [0.15, 0.2) is 29.2 Å². The molecule has 0 aliphatic carbocycles. The van der Waals surface area contributed by atoms with E-state index < -0.39 is 33.2 Å². The highest BCUT2D eigenvalue weighted by molar-refractivity contribution is 7.89. The summed E-state index contributed by atoms with van der Waals surface area (Å²) in [6.45, 7) is -0.519. The fraction of sp³-hybridized carbons (Fsp3) is 0.300. The van der Waals surface area contributed by atoms with Crippen molar-refractivity contribution >= 4 is 10.0 Å². The first-order chi connectivity index (χ1) is 8.21. The van der Waals surface area contributed by atoms with Crippen LogP contribution in [-0.4, -0.2) is 26.3 Å². The van der Waals surface area contributed by atoms with E-state index in [4.69, 9.17) is 5.26 Å². The molecular weight excluding hydrogens is 269 g/mol. The first-order valence-corrected chi connectivity index (χ1v) is 6.14. The third-order valence-corrected chi connectivity index (χ3v) is 4.04. The second kappa shape index (κ2) is 4.96. The van der Waals surface area contributed by atoms with E-state index in [1.807, 2.05) is 0 Å². The number of halogens is 3. The van der Waals surface area contributed by atoms with Gasteiger partial charge in [-0.05, 0) is 12.1 Å². The van der Waals surface area contributed by atoms with E-state index in [1.54, 1.807) is 6.07 Å². The fourth-order valence-electron chi connectivity index (χ4n) is 1.28. The van der Waals surface area contributed by atoms with Crippen LogP contribution >= 0.6 is 0 Å². The molecule has 0 heterocycles. The van der Waals surface area contributed by atoms with Crippen LogP contribution in [0.25, 0.3) is 0 Å². The van der Waals surface area contributed by atoms with Gasteiger partial charge in [0.1, 0.15) is 6.54 Å². The van der Waals surface area contributed by atoms with E-state index in [0.717, 1.165) is 19.2 Å². The number of alkyl halides is 3. The Balaban J connectivity index is 3.39. The Morgan fingerprint density at radius 2 is 1.89 bits per heavy atom. The van der Waals surface area contributed by atoms with Crippen molar-refractivity contribution in [3.8, 4) is 6.07 Å². The number of nitrogens with zero attached hydrogens (tertiary/aromatic N) is 2. The molecule has 4 nitrogen and oxygen atoms in total. The highest BCUT2D eigenvalue weighted by Gasteiger charge is 2.37. The number of hydrogen-bond donors (Lipinski definition) is 0. The molecule has 98 valence electrons. The molecule has 0 aliphatic heterocycles. The summed E-state index contributed by atoms with van der Waals surface area (Å²) in [7, 11) is -3.28. The molecule has 0 saturated carbocycles. The Kier molecular flexibility index (Phi) is 3.98. The minimum Gasteiger partial charge on any atom is -0.207 e. The lowest BCUT2D eigenvalue weighted by Gasteiger charge is -2.17. The molecule has 1 aromatic carbocycles. The molecule has 8 heteroatoms. The summed E-state index contributed by atoms with van der Waals surface area (Å²) in [6, 6.07) is 5.42. The van der Waals surface area contributed by atoms with Crippen LogP contribution in [0.2, 0.25) is 0 Å². The van der Waals surface area contributed by atoms with Gasteiger partial charge in [-0.15, -0.1) is 0 Å². The lowest BCUT2D eigenvalue weighted by molar-refractivity contribution is -0.139. The van der Waals surface area contributed by atoms with Gasteiger partial charge >= 0.3 is 6.18 Å². The first kappa shape index (κ1) is 14.5. The van der Waals surface area contributed by atoms with Crippen molar-refractivity contribution in [2.45, 2.75) is 11.1 Å². The van der Waals surface area contributed by atoms with Crippen molar-refractivity contribution in [1.82, 2.24) is 4.31 Å². The fourth-order valence-corrected chi connectivity index (χ4v) is 2.55. The predicted octanol–water partition coefficient (Wildman–Crippen LogP) is 1.85. The van der Waals surface area contributed by atoms with E-state index in [9.17, 15) is 21.6 Å². The SMILES string of the molecule is CN(CC#N)S(=O)(=O)c1ccccc1C(F)(F)F. The number of benzene rings is 1. The molecule has 0 radical (unpaired) electrons. The second-order valence-corrected chi connectivity index (χ2v) is 5.43. The van der Waals surface area contributed by atoms with E-state index >= 15 is 0 Å². The maximum Gasteiger partial charge on any atom is 0.417 e. The van der Waals surface area contributed by atoms with Crippen molar-refractivity contribution in [3.63, 3.8) is 0 Å². The third-order valence-electron chi connectivity index (χ3n) is 2.17. The summed E-state index contributed by atoms with van der Waals surface area (Å²) in [5, 5.41) is 8.40. The molecule has 0 aromatic heterocycles. The van der Waals surface area contributed by atoms with Gasteiger partial charge in [-0.2, -0.15) is 22.7 Å². The van der Waals surface area contributed by atoms with Crippen molar-refractivity contribution in [2.75, 3.05) is 13.6 Å². The van der Waals surface area contributed by atoms with Gasteiger partial charge in [-0.25, -0.2) is 8.42 Å². The van der Waals surface area contributed by atoms with Gasteiger partial charge in [0.2, 0.25) is 10.0 Å². The summed E-state index contributed by atoms with van der Waals surface area (Å²) >= 11 is 0. The van der Waals surface area contributed by atoms with Crippen LogP contribution in [0.3, 0.4) is 0 Å². The monoisotopic (exact) mass is 278 g/mol. The summed E-state index contributed by atoms with van der Waals surface area (Å²) < 4.78 is 62.3. The molecule has 0 saturated heterocycles. The molecule has 0 atom stereocenters. The van der Waals surface area contributed by atoms with E-state index in [2.05, 4.69) is 0 Å². The van der Waals surface area contributed by atoms with Crippen LogP contribution in [-0.2, 0) is 16.2 Å². The highest BCUT2D eigenvalue weighted by Crippen LogP contribution is 2.34. The molecule has 0 N–H and O–H groups in total. The lowest BCUT2D eigenvalue weighted by atomic mass is 10.2. The Morgan fingerprint density at radius 1 is 1.33 bits per heavy atom. The maximum atomic E-state index is 12.7. The summed E-state index contributed by atoms with van der Waals surface area (Å²) in [5.41, 5.74) is -1.24. The Hall–Kier alpha value is -1.59. The molecule has 1 aromatic rings. The summed E-state index contributed by atoms with van der Waals surface area (Å²) in [4.78, 5) is -0.852. The standard InChI is InChI=1S/C10H9F3N2O2S/c1-15(7-6-14)18(16,17)9-5-3-2-4-8(9)10(11,12)13/h2-5H,7H2,1H3.